The first kappa shape index (κ1) is 20.6. The number of nitrogens with one attached hydrogen (secondary N) is 2. The molecular weight excluding hydrogens is 400 g/mol. The standard InChI is InChI=1S/C25H30N6O/c26-20-6-8-21(9-7-20)29-25-28-17-19-11-12-27-23-10-5-18(16-22(23)24(19)31(25)32)4-3-15-30-13-1-2-14-30/h5-10,16-17,27H,1-4,11-15,26H2,(H,28,29). The Morgan fingerprint density at radius 1 is 1.12 bits per heavy atom. The molecule has 0 bridgehead atoms. The van der Waals surface area contributed by atoms with Crippen molar-refractivity contribution in [1.82, 2.24) is 9.88 Å². The molecule has 2 aliphatic rings. The van der Waals surface area contributed by atoms with Crippen molar-refractivity contribution in [3.63, 3.8) is 0 Å². The molecule has 5 rings (SSSR count). The molecule has 1 saturated heterocycles. The topological polar surface area (TPSA) is 93.1 Å². The van der Waals surface area contributed by atoms with E-state index < -0.39 is 0 Å². The largest absolute Gasteiger partial charge is 0.740 e. The highest BCUT2D eigenvalue weighted by molar-refractivity contribution is 5.78. The number of aromatic nitrogens is 2. The van der Waals surface area contributed by atoms with E-state index in [0.717, 1.165) is 59.6 Å². The molecule has 32 heavy (non-hydrogen) atoms. The Kier molecular flexibility index (Phi) is 5.81. The van der Waals surface area contributed by atoms with Crippen LogP contribution in [-0.2, 0) is 12.8 Å². The van der Waals surface area contributed by atoms with Gasteiger partial charge in [-0.2, -0.15) is 0 Å². The molecule has 3 heterocycles. The first-order valence-corrected chi connectivity index (χ1v) is 11.5. The minimum atomic E-state index is 0.265. The summed E-state index contributed by atoms with van der Waals surface area (Å²) in [5.74, 6) is 0.265. The van der Waals surface area contributed by atoms with Crippen LogP contribution in [0.4, 0.5) is 23.0 Å². The highest BCUT2D eigenvalue weighted by Gasteiger charge is 2.23. The van der Waals surface area contributed by atoms with Crippen LogP contribution in [0.1, 0.15) is 30.4 Å². The molecule has 7 heteroatoms. The fourth-order valence-electron chi connectivity index (χ4n) is 4.67. The van der Waals surface area contributed by atoms with Crippen LogP contribution in [0.3, 0.4) is 0 Å². The fraction of sp³-hybridized carbons (Fsp3) is 0.360. The zero-order valence-electron chi connectivity index (χ0n) is 18.3. The molecule has 1 fully saturated rings. The lowest BCUT2D eigenvalue weighted by Gasteiger charge is -2.18. The third kappa shape index (κ3) is 4.34. The smallest absolute Gasteiger partial charge is 0.397 e. The Morgan fingerprint density at radius 2 is 1.94 bits per heavy atom. The molecule has 1 aromatic heterocycles. The second-order valence-electron chi connectivity index (χ2n) is 8.71. The molecule has 0 atom stereocenters. The zero-order chi connectivity index (χ0) is 21.9. The van der Waals surface area contributed by atoms with Gasteiger partial charge in [0.25, 0.3) is 0 Å². The lowest BCUT2D eigenvalue weighted by Crippen LogP contribution is -2.35. The molecular formula is C25H30N6O. The van der Waals surface area contributed by atoms with Crippen molar-refractivity contribution in [2.45, 2.75) is 32.1 Å². The minimum absolute atomic E-state index is 0.265. The maximum Gasteiger partial charge on any atom is 0.397 e. The maximum atomic E-state index is 13.4. The second kappa shape index (κ2) is 9.04. The summed E-state index contributed by atoms with van der Waals surface area (Å²) in [6, 6.07) is 13.8. The van der Waals surface area contributed by atoms with E-state index in [1.165, 1.54) is 31.5 Å². The number of nitrogen functional groups attached to an aromatic ring is 1. The zero-order valence-corrected chi connectivity index (χ0v) is 18.3. The number of likely N-dealkylation sites (tertiary alicyclic amines) is 1. The summed E-state index contributed by atoms with van der Waals surface area (Å²) in [7, 11) is 0. The predicted octanol–water partition coefficient (Wildman–Crippen LogP) is 3.70. The van der Waals surface area contributed by atoms with Crippen LogP contribution in [0.2, 0.25) is 0 Å². The van der Waals surface area contributed by atoms with Crippen molar-refractivity contribution < 1.29 is 4.73 Å². The number of rotatable bonds is 6. The Bertz CT molecular complexity index is 1090. The second-order valence-corrected chi connectivity index (χ2v) is 8.71. The van der Waals surface area contributed by atoms with Crippen LogP contribution in [0.25, 0.3) is 11.3 Å². The molecule has 3 aromatic rings. The third-order valence-corrected chi connectivity index (χ3v) is 6.40. The van der Waals surface area contributed by atoms with Gasteiger partial charge in [-0.3, -0.25) is 0 Å². The Morgan fingerprint density at radius 3 is 2.75 bits per heavy atom. The first-order valence-electron chi connectivity index (χ1n) is 11.5. The van der Waals surface area contributed by atoms with Crippen LogP contribution >= 0.6 is 0 Å². The number of benzene rings is 2. The van der Waals surface area contributed by atoms with Crippen molar-refractivity contribution in [2.24, 2.45) is 0 Å². The van der Waals surface area contributed by atoms with Gasteiger partial charge in [0.05, 0.1) is 5.69 Å². The number of hydrogen-bond acceptors (Lipinski definition) is 6. The van der Waals surface area contributed by atoms with Gasteiger partial charge in [-0.25, -0.2) is 10.0 Å². The lowest BCUT2D eigenvalue weighted by molar-refractivity contribution is -0.581. The van der Waals surface area contributed by atoms with Gasteiger partial charge in [0.15, 0.2) is 0 Å². The number of aryl methyl sites for hydroxylation is 1. The van der Waals surface area contributed by atoms with Gasteiger partial charge in [0, 0.05) is 29.0 Å². The van der Waals surface area contributed by atoms with E-state index in [2.05, 4.69) is 38.7 Å². The quantitative estimate of drug-likeness (QED) is 0.314. The van der Waals surface area contributed by atoms with Gasteiger partial charge in [0.2, 0.25) is 0 Å². The van der Waals surface area contributed by atoms with E-state index in [-0.39, 0.29) is 5.95 Å². The number of anilines is 4. The lowest BCUT2D eigenvalue weighted by atomic mass is 10.00. The Balaban J connectivity index is 1.43. The Hall–Kier alpha value is -3.32. The van der Waals surface area contributed by atoms with E-state index in [1.54, 1.807) is 12.1 Å². The van der Waals surface area contributed by atoms with E-state index in [1.807, 2.05) is 18.3 Å². The molecule has 7 nitrogen and oxygen atoms in total. The fourth-order valence-corrected chi connectivity index (χ4v) is 4.67. The SMILES string of the molecule is Nc1ccc(Nc2ncc3c([n+]2[O-])-c2cc(CCCN4CCCC4)ccc2NCC3)cc1. The molecule has 0 amide bonds. The minimum Gasteiger partial charge on any atom is -0.740 e. The van der Waals surface area contributed by atoms with E-state index in [9.17, 15) is 5.21 Å². The highest BCUT2D eigenvalue weighted by Crippen LogP contribution is 2.33. The summed E-state index contributed by atoms with van der Waals surface area (Å²) in [4.78, 5) is 6.96. The van der Waals surface area contributed by atoms with Crippen LogP contribution in [0.5, 0.6) is 0 Å². The summed E-state index contributed by atoms with van der Waals surface area (Å²) in [5, 5.41) is 20.1. The summed E-state index contributed by atoms with van der Waals surface area (Å²) in [5.41, 5.74) is 12.1. The van der Waals surface area contributed by atoms with E-state index in [0.29, 0.717) is 11.4 Å². The average molecular weight is 431 g/mol. The highest BCUT2D eigenvalue weighted by atomic mass is 16.5. The third-order valence-electron chi connectivity index (χ3n) is 6.40. The summed E-state index contributed by atoms with van der Waals surface area (Å²) < 4.78 is 0.936. The van der Waals surface area contributed by atoms with Crippen molar-refractivity contribution in [2.75, 3.05) is 42.5 Å². The first-order chi connectivity index (χ1) is 15.7. The molecule has 0 unspecified atom stereocenters. The average Bonchev–Trinajstić information content (AvgIpc) is 3.24. The molecule has 166 valence electrons. The van der Waals surface area contributed by atoms with Crippen molar-refractivity contribution in [3.8, 4) is 11.3 Å². The molecule has 2 aliphatic heterocycles. The monoisotopic (exact) mass is 430 g/mol. The molecule has 0 radical (unpaired) electrons. The van der Waals surface area contributed by atoms with Crippen LogP contribution in [0.15, 0.2) is 48.7 Å². The van der Waals surface area contributed by atoms with Gasteiger partial charge < -0.3 is 21.2 Å². The maximum absolute atomic E-state index is 13.4. The summed E-state index contributed by atoms with van der Waals surface area (Å²) in [6.07, 6.45) is 7.37. The van der Waals surface area contributed by atoms with Gasteiger partial charge in [-0.05, 0) is 93.7 Å². The van der Waals surface area contributed by atoms with Crippen LogP contribution < -0.4 is 21.1 Å². The molecule has 0 aliphatic carbocycles. The van der Waals surface area contributed by atoms with Crippen molar-refractivity contribution in [3.05, 3.63) is 65.0 Å². The van der Waals surface area contributed by atoms with E-state index >= 15 is 0 Å². The number of nitrogens with zero attached hydrogens (tertiary/aromatic N) is 3. The number of nitrogens with two attached hydrogens (primary N) is 1. The van der Waals surface area contributed by atoms with Gasteiger partial charge in [-0.15, -0.1) is 0 Å². The number of hydrogen-bond donors (Lipinski definition) is 3. The van der Waals surface area contributed by atoms with E-state index in [4.69, 9.17) is 5.73 Å². The van der Waals surface area contributed by atoms with Gasteiger partial charge >= 0.3 is 5.95 Å². The van der Waals surface area contributed by atoms with Crippen molar-refractivity contribution >= 4 is 23.0 Å². The van der Waals surface area contributed by atoms with Crippen molar-refractivity contribution in [1.29, 1.82) is 0 Å². The van der Waals surface area contributed by atoms with Crippen LogP contribution in [0, 0.1) is 5.21 Å². The Labute approximate surface area is 188 Å². The molecule has 0 spiro atoms. The summed E-state index contributed by atoms with van der Waals surface area (Å²) in [6.45, 7) is 4.39. The van der Waals surface area contributed by atoms with Gasteiger partial charge in [-0.1, -0.05) is 11.1 Å². The molecule has 0 saturated carbocycles. The normalized spacial score (nSPS) is 15.5. The number of fused-ring (bicyclic) bond motifs is 3. The summed E-state index contributed by atoms with van der Waals surface area (Å²) >= 11 is 0. The molecule has 4 N–H and O–H groups in total. The predicted molar refractivity (Wildman–Crippen MR) is 129 cm³/mol. The van der Waals surface area contributed by atoms with Crippen LogP contribution in [-0.4, -0.2) is 36.1 Å². The molecule has 2 aromatic carbocycles. The van der Waals surface area contributed by atoms with Gasteiger partial charge in [0.1, 0.15) is 11.9 Å².